The van der Waals surface area contributed by atoms with Gasteiger partial charge >= 0.3 is 0 Å². The molecule has 0 radical (unpaired) electrons. The molecule has 0 saturated heterocycles. The van der Waals surface area contributed by atoms with Crippen LogP contribution in [0.4, 0.5) is 0 Å². The van der Waals surface area contributed by atoms with Crippen LogP contribution in [-0.2, 0) is 9.59 Å². The van der Waals surface area contributed by atoms with Gasteiger partial charge in [0.15, 0.2) is 0 Å². The number of carbonyl (C=O) groups excluding carboxylic acids is 2. The van der Waals surface area contributed by atoms with E-state index in [0.717, 1.165) is 0 Å². The Hall–Kier alpha value is -1.10. The lowest BCUT2D eigenvalue weighted by Crippen LogP contribution is -2.40. The number of hydrogen-bond acceptors (Lipinski definition) is 3. The summed E-state index contributed by atoms with van der Waals surface area (Å²) in [6, 6.07) is 0.734. The second-order valence-electron chi connectivity index (χ2n) is 4.48. The minimum Gasteiger partial charge on any atom is -0.352 e. The summed E-state index contributed by atoms with van der Waals surface area (Å²) >= 11 is 0. The molecule has 0 atom stereocenters. The van der Waals surface area contributed by atoms with Crippen LogP contribution in [0.5, 0.6) is 0 Å². The third-order valence-corrected chi connectivity index (χ3v) is 2.26. The van der Waals surface area contributed by atoms with Crippen LogP contribution in [0.25, 0.3) is 0 Å². The number of carbonyl (C=O) groups is 2. The Balaban J connectivity index is 1.97. The van der Waals surface area contributed by atoms with E-state index in [-0.39, 0.29) is 24.4 Å². The normalized spacial score (nSPS) is 14.9. The fraction of sp³-hybridized carbons (Fsp3) is 0.818. The molecule has 0 bridgehead atoms. The van der Waals surface area contributed by atoms with Gasteiger partial charge < -0.3 is 16.0 Å². The minimum absolute atomic E-state index is 0.0699. The van der Waals surface area contributed by atoms with E-state index in [4.69, 9.17) is 0 Å². The Bertz CT molecular complexity index is 250. The summed E-state index contributed by atoms with van der Waals surface area (Å²) in [5.74, 6) is -0.217. The highest BCUT2D eigenvalue weighted by atomic mass is 16.2. The molecule has 1 fully saturated rings. The molecule has 0 aromatic heterocycles. The van der Waals surface area contributed by atoms with Gasteiger partial charge in [0.25, 0.3) is 0 Å². The average Bonchev–Trinajstić information content (AvgIpc) is 2.97. The van der Waals surface area contributed by atoms with Gasteiger partial charge in [-0.2, -0.15) is 0 Å². The lowest BCUT2D eigenvalue weighted by atomic mass is 10.3. The van der Waals surface area contributed by atoms with Crippen LogP contribution in [0.1, 0.15) is 33.1 Å². The highest BCUT2D eigenvalue weighted by Crippen LogP contribution is 2.18. The molecule has 3 N–H and O–H groups in total. The first-order valence-electron chi connectivity index (χ1n) is 5.87. The van der Waals surface area contributed by atoms with Crippen LogP contribution in [0.15, 0.2) is 0 Å². The first-order chi connectivity index (χ1) is 7.58. The fourth-order valence-corrected chi connectivity index (χ4v) is 1.32. The molecule has 5 nitrogen and oxygen atoms in total. The first-order valence-corrected chi connectivity index (χ1v) is 5.87. The predicted octanol–water partition coefficient (Wildman–Crippen LogP) is -0.231. The molecule has 92 valence electrons. The summed E-state index contributed by atoms with van der Waals surface area (Å²) in [7, 11) is 0. The average molecular weight is 227 g/mol. The molecule has 0 spiro atoms. The molecule has 2 amide bonds. The zero-order chi connectivity index (χ0) is 12.0. The summed E-state index contributed by atoms with van der Waals surface area (Å²) in [6.45, 7) is 4.54. The molecule has 1 aliphatic carbocycles. The van der Waals surface area contributed by atoms with Crippen LogP contribution in [0.3, 0.4) is 0 Å². The van der Waals surface area contributed by atoms with E-state index < -0.39 is 0 Å². The third-order valence-electron chi connectivity index (χ3n) is 2.26. The number of hydrogen-bond donors (Lipinski definition) is 3. The second-order valence-corrected chi connectivity index (χ2v) is 4.48. The van der Waals surface area contributed by atoms with E-state index in [0.29, 0.717) is 19.0 Å². The second kappa shape index (κ2) is 6.48. The van der Waals surface area contributed by atoms with Gasteiger partial charge in [0.05, 0.1) is 6.54 Å². The molecule has 1 aliphatic rings. The van der Waals surface area contributed by atoms with Crippen LogP contribution in [0.2, 0.25) is 0 Å². The SMILES string of the molecule is CC(C)NC(=O)CNC(=O)CCNC1CC1. The molecule has 5 heteroatoms. The van der Waals surface area contributed by atoms with Crippen LogP contribution >= 0.6 is 0 Å². The first kappa shape index (κ1) is 13.0. The summed E-state index contributed by atoms with van der Waals surface area (Å²) in [4.78, 5) is 22.5. The number of rotatable bonds is 7. The predicted molar refractivity (Wildman–Crippen MR) is 61.9 cm³/mol. The largest absolute Gasteiger partial charge is 0.352 e. The van der Waals surface area contributed by atoms with Gasteiger partial charge in [-0.1, -0.05) is 0 Å². The molecular weight excluding hydrogens is 206 g/mol. The Morgan fingerprint density at radius 2 is 1.94 bits per heavy atom. The lowest BCUT2D eigenvalue weighted by molar-refractivity contribution is -0.126. The smallest absolute Gasteiger partial charge is 0.239 e. The van der Waals surface area contributed by atoms with Crippen molar-refractivity contribution in [2.45, 2.75) is 45.2 Å². The molecule has 0 aliphatic heterocycles. The van der Waals surface area contributed by atoms with Gasteiger partial charge in [0.2, 0.25) is 11.8 Å². The number of nitrogens with one attached hydrogen (secondary N) is 3. The topological polar surface area (TPSA) is 70.2 Å². The third kappa shape index (κ3) is 6.40. The van der Waals surface area contributed by atoms with Crippen molar-refractivity contribution in [3.8, 4) is 0 Å². The maximum absolute atomic E-state index is 11.3. The minimum atomic E-state index is -0.140. The Morgan fingerprint density at radius 1 is 1.25 bits per heavy atom. The summed E-state index contributed by atoms with van der Waals surface area (Å²) in [5.41, 5.74) is 0. The van der Waals surface area contributed by atoms with E-state index in [1.54, 1.807) is 0 Å². The summed E-state index contributed by atoms with van der Waals surface area (Å²) in [6.07, 6.45) is 2.88. The lowest BCUT2D eigenvalue weighted by Gasteiger charge is -2.09. The van der Waals surface area contributed by atoms with Gasteiger partial charge in [0.1, 0.15) is 0 Å². The Morgan fingerprint density at radius 3 is 2.50 bits per heavy atom. The molecule has 1 rings (SSSR count). The van der Waals surface area contributed by atoms with Crippen LogP contribution in [0, 0.1) is 0 Å². The van der Waals surface area contributed by atoms with Gasteiger partial charge in [-0.05, 0) is 26.7 Å². The number of amides is 2. The monoisotopic (exact) mass is 227 g/mol. The van der Waals surface area contributed by atoms with Crippen molar-refractivity contribution in [3.63, 3.8) is 0 Å². The van der Waals surface area contributed by atoms with E-state index >= 15 is 0 Å². The van der Waals surface area contributed by atoms with Crippen molar-refractivity contribution in [1.82, 2.24) is 16.0 Å². The van der Waals surface area contributed by atoms with Crippen LogP contribution in [-0.4, -0.2) is 37.0 Å². The van der Waals surface area contributed by atoms with Crippen molar-refractivity contribution in [3.05, 3.63) is 0 Å². The Kier molecular flexibility index (Phi) is 5.25. The van der Waals surface area contributed by atoms with Crippen molar-refractivity contribution >= 4 is 11.8 Å². The molecule has 0 aromatic carbocycles. The van der Waals surface area contributed by atoms with Gasteiger partial charge in [-0.25, -0.2) is 0 Å². The molecular formula is C11H21N3O2. The van der Waals surface area contributed by atoms with Crippen LogP contribution < -0.4 is 16.0 Å². The Labute approximate surface area is 96.4 Å². The highest BCUT2D eigenvalue weighted by Gasteiger charge is 2.20. The summed E-state index contributed by atoms with van der Waals surface area (Å²) < 4.78 is 0. The molecule has 0 unspecified atom stereocenters. The van der Waals surface area contributed by atoms with E-state index in [1.807, 2.05) is 13.8 Å². The van der Waals surface area contributed by atoms with Gasteiger partial charge in [0, 0.05) is 25.0 Å². The van der Waals surface area contributed by atoms with Crippen molar-refractivity contribution in [1.29, 1.82) is 0 Å². The van der Waals surface area contributed by atoms with Gasteiger partial charge in [-0.15, -0.1) is 0 Å². The molecule has 0 aromatic rings. The molecule has 0 heterocycles. The van der Waals surface area contributed by atoms with Crippen molar-refractivity contribution < 1.29 is 9.59 Å². The molecule has 16 heavy (non-hydrogen) atoms. The van der Waals surface area contributed by atoms with Crippen molar-refractivity contribution in [2.24, 2.45) is 0 Å². The maximum atomic E-state index is 11.3. The maximum Gasteiger partial charge on any atom is 0.239 e. The summed E-state index contributed by atoms with van der Waals surface area (Å²) in [5, 5.41) is 8.55. The standard InChI is InChI=1S/C11H21N3O2/c1-8(2)14-11(16)7-13-10(15)5-6-12-9-3-4-9/h8-9,12H,3-7H2,1-2H3,(H,13,15)(H,14,16). The highest BCUT2D eigenvalue weighted by molar-refractivity contribution is 5.84. The fourth-order valence-electron chi connectivity index (χ4n) is 1.32. The quantitative estimate of drug-likeness (QED) is 0.562. The van der Waals surface area contributed by atoms with Gasteiger partial charge in [-0.3, -0.25) is 9.59 Å². The van der Waals surface area contributed by atoms with Crippen molar-refractivity contribution in [2.75, 3.05) is 13.1 Å². The van der Waals surface area contributed by atoms with E-state index in [9.17, 15) is 9.59 Å². The van der Waals surface area contributed by atoms with E-state index in [2.05, 4.69) is 16.0 Å². The zero-order valence-corrected chi connectivity index (χ0v) is 10.0. The zero-order valence-electron chi connectivity index (χ0n) is 10.0. The molecule has 1 saturated carbocycles. The van der Waals surface area contributed by atoms with E-state index in [1.165, 1.54) is 12.8 Å².